The molecule has 1 aliphatic rings. The smallest absolute Gasteiger partial charge is 0.190 e. The summed E-state index contributed by atoms with van der Waals surface area (Å²) in [6.45, 7) is 4.25. The monoisotopic (exact) mass is 356 g/mol. The molecule has 138 valence electrons. The lowest BCUT2D eigenvalue weighted by Crippen LogP contribution is -2.46. The summed E-state index contributed by atoms with van der Waals surface area (Å²) in [6, 6.07) is 10.8. The minimum absolute atomic E-state index is 0.198. The third-order valence-corrected chi connectivity index (χ3v) is 4.53. The summed E-state index contributed by atoms with van der Waals surface area (Å²) in [5.41, 5.74) is 2.22. The molecule has 0 bridgehead atoms. The fourth-order valence-corrected chi connectivity index (χ4v) is 3.05. The van der Waals surface area contributed by atoms with Crippen molar-refractivity contribution in [2.45, 2.75) is 6.54 Å². The van der Waals surface area contributed by atoms with E-state index >= 15 is 0 Å². The second-order valence-corrected chi connectivity index (χ2v) is 6.15. The number of benzene rings is 1. The minimum atomic E-state index is -0.198. The van der Waals surface area contributed by atoms with Gasteiger partial charge in [-0.05, 0) is 42.0 Å². The van der Waals surface area contributed by atoms with Gasteiger partial charge in [0.15, 0.2) is 5.96 Å². The van der Waals surface area contributed by atoms with Gasteiger partial charge < -0.3 is 20.4 Å². The molecule has 6 nitrogen and oxygen atoms in total. The number of halogens is 1. The van der Waals surface area contributed by atoms with Crippen LogP contribution in [0.4, 0.5) is 15.9 Å². The summed E-state index contributed by atoms with van der Waals surface area (Å²) in [4.78, 5) is 13.2. The first-order valence-corrected chi connectivity index (χ1v) is 8.78. The summed E-state index contributed by atoms with van der Waals surface area (Å²) >= 11 is 0. The second-order valence-electron chi connectivity index (χ2n) is 6.15. The number of aliphatic imine (C=N–C) groups is 1. The van der Waals surface area contributed by atoms with E-state index in [0.29, 0.717) is 6.54 Å². The molecule has 1 fully saturated rings. The maximum absolute atomic E-state index is 13.1. The Morgan fingerprint density at radius 2 is 1.81 bits per heavy atom. The van der Waals surface area contributed by atoms with Gasteiger partial charge in [0.2, 0.25) is 0 Å². The number of nitrogens with zero attached hydrogens (tertiary/aromatic N) is 4. The first-order chi connectivity index (χ1) is 12.7. The van der Waals surface area contributed by atoms with E-state index in [1.807, 2.05) is 31.4 Å². The first kappa shape index (κ1) is 18.0. The van der Waals surface area contributed by atoms with Gasteiger partial charge in [-0.3, -0.25) is 4.99 Å². The van der Waals surface area contributed by atoms with Crippen LogP contribution in [0, 0.1) is 5.82 Å². The second kappa shape index (κ2) is 8.51. The van der Waals surface area contributed by atoms with E-state index in [1.165, 1.54) is 12.1 Å². The van der Waals surface area contributed by atoms with Crippen molar-refractivity contribution in [3.05, 3.63) is 54.0 Å². The van der Waals surface area contributed by atoms with Crippen LogP contribution in [0.15, 0.2) is 47.6 Å². The number of hydrogen-bond donors (Lipinski definition) is 2. The molecule has 0 saturated carbocycles. The molecule has 0 radical (unpaired) electrons. The molecule has 1 aromatic carbocycles. The highest BCUT2D eigenvalue weighted by Gasteiger charge is 2.18. The van der Waals surface area contributed by atoms with Crippen LogP contribution in [0.2, 0.25) is 0 Å². The number of anilines is 2. The van der Waals surface area contributed by atoms with Gasteiger partial charge in [0, 0.05) is 58.7 Å². The lowest BCUT2D eigenvalue weighted by atomic mass is 10.2. The maximum atomic E-state index is 13.1. The van der Waals surface area contributed by atoms with Gasteiger partial charge in [-0.2, -0.15) is 0 Å². The molecule has 1 aliphatic heterocycles. The van der Waals surface area contributed by atoms with Crippen molar-refractivity contribution in [2.24, 2.45) is 4.99 Å². The van der Waals surface area contributed by atoms with Gasteiger partial charge in [-0.15, -0.1) is 0 Å². The molecule has 26 heavy (non-hydrogen) atoms. The third-order valence-electron chi connectivity index (χ3n) is 4.53. The highest BCUT2D eigenvalue weighted by molar-refractivity contribution is 5.79. The summed E-state index contributed by atoms with van der Waals surface area (Å²) in [5, 5.41) is 6.26. The number of hydrogen-bond acceptors (Lipinski definition) is 4. The van der Waals surface area contributed by atoms with Crippen LogP contribution in [0.1, 0.15) is 5.56 Å². The zero-order valence-electron chi connectivity index (χ0n) is 15.2. The molecule has 0 aliphatic carbocycles. The summed E-state index contributed by atoms with van der Waals surface area (Å²) in [7, 11) is 3.59. The van der Waals surface area contributed by atoms with Crippen molar-refractivity contribution in [3.63, 3.8) is 0 Å². The molecular formula is C19H25FN6. The molecule has 3 rings (SSSR count). The van der Waals surface area contributed by atoms with Gasteiger partial charge >= 0.3 is 0 Å². The van der Waals surface area contributed by atoms with E-state index in [2.05, 4.69) is 36.5 Å². The zero-order valence-corrected chi connectivity index (χ0v) is 15.2. The third kappa shape index (κ3) is 4.41. The van der Waals surface area contributed by atoms with Crippen LogP contribution in [-0.4, -0.2) is 51.2 Å². The van der Waals surface area contributed by atoms with E-state index < -0.39 is 0 Å². The normalized spacial score (nSPS) is 15.1. The van der Waals surface area contributed by atoms with Crippen LogP contribution in [0.5, 0.6) is 0 Å². The van der Waals surface area contributed by atoms with E-state index in [0.717, 1.165) is 49.2 Å². The van der Waals surface area contributed by atoms with Gasteiger partial charge in [0.25, 0.3) is 0 Å². The lowest BCUT2D eigenvalue weighted by Gasteiger charge is -2.36. The van der Waals surface area contributed by atoms with Crippen LogP contribution >= 0.6 is 0 Å². The number of rotatable bonds is 4. The highest BCUT2D eigenvalue weighted by Crippen LogP contribution is 2.20. The largest absolute Gasteiger partial charge is 0.368 e. The number of pyridine rings is 1. The molecule has 1 saturated heterocycles. The van der Waals surface area contributed by atoms with Crippen molar-refractivity contribution >= 4 is 17.5 Å². The maximum Gasteiger partial charge on any atom is 0.190 e. The molecular weight excluding hydrogens is 331 g/mol. The molecule has 0 unspecified atom stereocenters. The summed E-state index contributed by atoms with van der Waals surface area (Å²) < 4.78 is 13.1. The zero-order chi connectivity index (χ0) is 18.4. The Morgan fingerprint density at radius 3 is 2.46 bits per heavy atom. The molecule has 0 amide bonds. The van der Waals surface area contributed by atoms with Crippen molar-refractivity contribution in [2.75, 3.05) is 50.1 Å². The van der Waals surface area contributed by atoms with Gasteiger partial charge in [0.1, 0.15) is 11.6 Å². The Bertz CT molecular complexity index is 738. The number of piperazine rings is 1. The lowest BCUT2D eigenvalue weighted by molar-refractivity contribution is 0.624. The van der Waals surface area contributed by atoms with Crippen molar-refractivity contribution in [1.82, 2.24) is 15.6 Å². The Kier molecular flexibility index (Phi) is 5.88. The fraction of sp³-hybridized carbons (Fsp3) is 0.368. The topological polar surface area (TPSA) is 55.8 Å². The molecule has 2 heterocycles. The van der Waals surface area contributed by atoms with Gasteiger partial charge in [-0.25, -0.2) is 9.37 Å². The number of nitrogens with one attached hydrogen (secondary N) is 2. The van der Waals surface area contributed by atoms with Crippen LogP contribution in [0.25, 0.3) is 0 Å². The summed E-state index contributed by atoms with van der Waals surface area (Å²) in [6.07, 6.45) is 1.85. The highest BCUT2D eigenvalue weighted by atomic mass is 19.1. The van der Waals surface area contributed by atoms with Crippen LogP contribution in [-0.2, 0) is 6.54 Å². The Morgan fingerprint density at radius 1 is 1.12 bits per heavy atom. The standard InChI is InChI=1S/C19H25FN6/c1-21-19(22-2)24-14-15-7-8-23-18(13-15)26-11-9-25(10-12-26)17-5-3-16(20)4-6-17/h3-8,13H,9-12,14H2,1-2H3,(H2,21,22,24). The van der Waals surface area contributed by atoms with Gasteiger partial charge in [0.05, 0.1) is 0 Å². The Hall–Kier alpha value is -2.83. The summed E-state index contributed by atoms with van der Waals surface area (Å²) in [5.74, 6) is 1.55. The fourth-order valence-electron chi connectivity index (χ4n) is 3.05. The van der Waals surface area contributed by atoms with E-state index in [4.69, 9.17) is 0 Å². The molecule has 1 aromatic heterocycles. The predicted octanol–water partition coefficient (Wildman–Crippen LogP) is 1.84. The molecule has 2 aromatic rings. The molecule has 7 heteroatoms. The van der Waals surface area contributed by atoms with E-state index in [-0.39, 0.29) is 5.82 Å². The SMILES string of the molecule is CN=C(NC)NCc1ccnc(N2CCN(c3ccc(F)cc3)CC2)c1. The van der Waals surface area contributed by atoms with Crippen LogP contribution in [0.3, 0.4) is 0 Å². The molecule has 0 atom stereocenters. The van der Waals surface area contributed by atoms with Gasteiger partial charge in [-0.1, -0.05) is 0 Å². The predicted molar refractivity (Wildman–Crippen MR) is 104 cm³/mol. The number of guanidine groups is 1. The van der Waals surface area contributed by atoms with E-state index in [1.54, 1.807) is 7.05 Å². The van der Waals surface area contributed by atoms with Crippen molar-refractivity contribution in [3.8, 4) is 0 Å². The minimum Gasteiger partial charge on any atom is -0.368 e. The molecule has 2 N–H and O–H groups in total. The van der Waals surface area contributed by atoms with Crippen molar-refractivity contribution < 1.29 is 4.39 Å². The van der Waals surface area contributed by atoms with E-state index in [9.17, 15) is 4.39 Å². The molecule has 0 spiro atoms. The van der Waals surface area contributed by atoms with Crippen LogP contribution < -0.4 is 20.4 Å². The van der Waals surface area contributed by atoms with Crippen molar-refractivity contribution in [1.29, 1.82) is 0 Å². The average molecular weight is 356 g/mol. The average Bonchev–Trinajstić information content (AvgIpc) is 2.70. The Labute approximate surface area is 153 Å². The quantitative estimate of drug-likeness (QED) is 0.647. The first-order valence-electron chi connectivity index (χ1n) is 8.78. The Balaban J connectivity index is 1.59. The number of aromatic nitrogens is 1.